The Labute approximate surface area is 96.2 Å². The lowest BCUT2D eigenvalue weighted by Crippen LogP contribution is -2.59. The number of hydrogen-bond acceptors (Lipinski definition) is 2. The highest BCUT2D eigenvalue weighted by Gasteiger charge is 2.61. The summed E-state index contributed by atoms with van der Waals surface area (Å²) >= 11 is 0. The normalized spacial score (nSPS) is 49.6. The molecule has 3 heteroatoms. The van der Waals surface area contributed by atoms with Gasteiger partial charge in [-0.2, -0.15) is 0 Å². The zero-order chi connectivity index (χ0) is 11.4. The van der Waals surface area contributed by atoms with Crippen LogP contribution in [-0.4, -0.2) is 23.3 Å². The Morgan fingerprint density at radius 2 is 1.94 bits per heavy atom. The third-order valence-corrected chi connectivity index (χ3v) is 4.91. The molecule has 3 nitrogen and oxygen atoms in total. The molecule has 4 aliphatic carbocycles. The van der Waals surface area contributed by atoms with Crippen molar-refractivity contribution in [3.05, 3.63) is 0 Å². The molecule has 0 aromatic carbocycles. The highest BCUT2D eigenvalue weighted by molar-refractivity contribution is 5.75. The maximum absolute atomic E-state index is 11.5. The summed E-state index contributed by atoms with van der Waals surface area (Å²) in [5, 5.41) is 9.51. The van der Waals surface area contributed by atoms with Crippen LogP contribution in [0.3, 0.4) is 0 Å². The van der Waals surface area contributed by atoms with Crippen LogP contribution in [0.15, 0.2) is 0 Å². The minimum atomic E-state index is -0.578. The summed E-state index contributed by atoms with van der Waals surface area (Å²) in [6.45, 7) is 2.74. The first-order chi connectivity index (χ1) is 7.57. The highest BCUT2D eigenvalue weighted by atomic mass is 16.5. The minimum absolute atomic E-state index is 0.0861. The monoisotopic (exact) mass is 224 g/mol. The Hall–Kier alpha value is -0.570. The maximum atomic E-state index is 11.5. The Morgan fingerprint density at radius 1 is 1.31 bits per heavy atom. The van der Waals surface area contributed by atoms with Gasteiger partial charge in [0.1, 0.15) is 0 Å². The second-order valence-electron chi connectivity index (χ2n) is 6.16. The average molecular weight is 224 g/mol. The van der Waals surface area contributed by atoms with Crippen LogP contribution < -0.4 is 0 Å². The summed E-state index contributed by atoms with van der Waals surface area (Å²) < 4.78 is 5.95. The van der Waals surface area contributed by atoms with Gasteiger partial charge in [0.15, 0.2) is 0 Å². The van der Waals surface area contributed by atoms with Crippen molar-refractivity contribution in [1.82, 2.24) is 0 Å². The van der Waals surface area contributed by atoms with Crippen molar-refractivity contribution < 1.29 is 14.6 Å². The number of carbonyl (C=O) groups is 1. The molecule has 90 valence electrons. The van der Waals surface area contributed by atoms with E-state index in [1.54, 1.807) is 0 Å². The van der Waals surface area contributed by atoms with E-state index < -0.39 is 11.4 Å². The van der Waals surface area contributed by atoms with E-state index in [2.05, 4.69) is 0 Å². The molecule has 1 N–H and O–H groups in total. The molecule has 4 bridgehead atoms. The predicted octanol–water partition coefficient (Wildman–Crippen LogP) is 2.45. The molecule has 2 atom stereocenters. The number of aliphatic carboxylic acids is 1. The molecule has 4 saturated carbocycles. The quantitative estimate of drug-likeness (QED) is 0.801. The fourth-order valence-electron chi connectivity index (χ4n) is 4.90. The standard InChI is InChI=1S/C13H20O3/c1-2-16-13-6-9-3-10(7-13)5-12(4-9,8-13)11(14)15/h9-10H,2-8H2,1H3,(H,14,15). The van der Waals surface area contributed by atoms with Crippen LogP contribution >= 0.6 is 0 Å². The van der Waals surface area contributed by atoms with Crippen molar-refractivity contribution in [2.45, 2.75) is 51.0 Å². The molecule has 16 heavy (non-hydrogen) atoms. The fourth-order valence-corrected chi connectivity index (χ4v) is 4.90. The van der Waals surface area contributed by atoms with E-state index >= 15 is 0 Å². The largest absolute Gasteiger partial charge is 0.481 e. The Kier molecular flexibility index (Phi) is 2.13. The van der Waals surface area contributed by atoms with Crippen LogP contribution in [0, 0.1) is 17.3 Å². The van der Waals surface area contributed by atoms with Gasteiger partial charge in [-0.1, -0.05) is 0 Å². The summed E-state index contributed by atoms with van der Waals surface area (Å²) in [7, 11) is 0. The second-order valence-corrected chi connectivity index (χ2v) is 6.16. The average Bonchev–Trinajstić information content (AvgIpc) is 2.14. The van der Waals surface area contributed by atoms with Crippen molar-refractivity contribution in [3.8, 4) is 0 Å². The van der Waals surface area contributed by atoms with Crippen LogP contribution in [0.4, 0.5) is 0 Å². The molecular weight excluding hydrogens is 204 g/mol. The summed E-state index contributed by atoms with van der Waals surface area (Å²) in [5.41, 5.74) is -0.531. The van der Waals surface area contributed by atoms with Crippen molar-refractivity contribution in [3.63, 3.8) is 0 Å². The molecule has 2 unspecified atom stereocenters. The second kappa shape index (κ2) is 3.22. The summed E-state index contributed by atoms with van der Waals surface area (Å²) in [6, 6.07) is 0. The molecule has 0 radical (unpaired) electrons. The van der Waals surface area contributed by atoms with E-state index in [4.69, 9.17) is 4.74 Å². The SMILES string of the molecule is CCOC12CC3CC(C1)CC(C(=O)O)(C3)C2. The molecule has 4 rings (SSSR count). The van der Waals surface area contributed by atoms with Gasteiger partial charge in [0, 0.05) is 6.61 Å². The van der Waals surface area contributed by atoms with Crippen molar-refractivity contribution in [2.24, 2.45) is 17.3 Å². The lowest BCUT2D eigenvalue weighted by atomic mass is 9.48. The summed E-state index contributed by atoms with van der Waals surface area (Å²) in [5.74, 6) is 0.624. The van der Waals surface area contributed by atoms with E-state index in [-0.39, 0.29) is 5.60 Å². The van der Waals surface area contributed by atoms with Crippen molar-refractivity contribution >= 4 is 5.97 Å². The molecule has 0 amide bonds. The molecule has 0 aromatic rings. The van der Waals surface area contributed by atoms with Gasteiger partial charge in [-0.3, -0.25) is 4.79 Å². The van der Waals surface area contributed by atoms with E-state index in [0.29, 0.717) is 11.8 Å². The molecule has 4 fully saturated rings. The predicted molar refractivity (Wildman–Crippen MR) is 59.1 cm³/mol. The third kappa shape index (κ3) is 1.33. The van der Waals surface area contributed by atoms with Gasteiger partial charge >= 0.3 is 5.97 Å². The zero-order valence-electron chi connectivity index (χ0n) is 9.87. The van der Waals surface area contributed by atoms with Gasteiger partial charge < -0.3 is 9.84 Å². The summed E-state index contributed by atoms with van der Waals surface area (Å²) in [4.78, 5) is 11.5. The van der Waals surface area contributed by atoms with Crippen molar-refractivity contribution in [2.75, 3.05) is 6.61 Å². The molecule has 0 spiro atoms. The van der Waals surface area contributed by atoms with E-state index in [0.717, 1.165) is 38.7 Å². The maximum Gasteiger partial charge on any atom is 0.309 e. The van der Waals surface area contributed by atoms with Crippen LogP contribution in [0.2, 0.25) is 0 Å². The zero-order valence-corrected chi connectivity index (χ0v) is 9.87. The molecule has 0 saturated heterocycles. The van der Waals surface area contributed by atoms with Gasteiger partial charge in [0.25, 0.3) is 0 Å². The number of ether oxygens (including phenoxy) is 1. The van der Waals surface area contributed by atoms with Gasteiger partial charge in [-0.25, -0.2) is 0 Å². The highest BCUT2D eigenvalue weighted by Crippen LogP contribution is 2.62. The van der Waals surface area contributed by atoms with E-state index in [9.17, 15) is 9.90 Å². The Morgan fingerprint density at radius 3 is 2.44 bits per heavy atom. The minimum Gasteiger partial charge on any atom is -0.481 e. The third-order valence-electron chi connectivity index (χ3n) is 4.91. The number of carboxylic acids is 1. The first-order valence-corrected chi connectivity index (χ1v) is 6.45. The van der Waals surface area contributed by atoms with Crippen LogP contribution in [-0.2, 0) is 9.53 Å². The van der Waals surface area contributed by atoms with Gasteiger partial charge in [-0.15, -0.1) is 0 Å². The smallest absolute Gasteiger partial charge is 0.309 e. The van der Waals surface area contributed by atoms with E-state index in [1.807, 2.05) is 6.92 Å². The number of hydrogen-bond donors (Lipinski definition) is 1. The molecule has 4 aliphatic rings. The topological polar surface area (TPSA) is 46.5 Å². The number of rotatable bonds is 3. The van der Waals surface area contributed by atoms with Crippen LogP contribution in [0.25, 0.3) is 0 Å². The van der Waals surface area contributed by atoms with Gasteiger partial charge in [-0.05, 0) is 57.3 Å². The van der Waals surface area contributed by atoms with Gasteiger partial charge in [0.05, 0.1) is 11.0 Å². The van der Waals surface area contributed by atoms with Crippen LogP contribution in [0.1, 0.15) is 45.4 Å². The van der Waals surface area contributed by atoms with Gasteiger partial charge in [0.2, 0.25) is 0 Å². The van der Waals surface area contributed by atoms with Crippen molar-refractivity contribution in [1.29, 1.82) is 0 Å². The Bertz CT molecular complexity index is 309. The number of carboxylic acid groups (broad SMARTS) is 1. The fraction of sp³-hybridized carbons (Fsp3) is 0.923. The van der Waals surface area contributed by atoms with Crippen LogP contribution in [0.5, 0.6) is 0 Å². The van der Waals surface area contributed by atoms with E-state index in [1.165, 1.54) is 6.42 Å². The lowest BCUT2D eigenvalue weighted by Gasteiger charge is -2.60. The lowest BCUT2D eigenvalue weighted by molar-refractivity contribution is -0.205. The first kappa shape index (κ1) is 10.6. The Balaban J connectivity index is 1.93. The molecule has 0 aromatic heterocycles. The molecule has 0 aliphatic heterocycles. The summed E-state index contributed by atoms with van der Waals surface area (Å²) in [6.07, 6.45) is 6.00. The molecular formula is C13H20O3. The first-order valence-electron chi connectivity index (χ1n) is 6.45. The molecule has 0 heterocycles.